The zero-order valence-corrected chi connectivity index (χ0v) is 33.7. The molecule has 0 atom stereocenters. The van der Waals surface area contributed by atoms with Crippen LogP contribution in [0.5, 0.6) is 0 Å². The van der Waals surface area contributed by atoms with Crippen LogP contribution in [-0.4, -0.2) is 20.1 Å². The average molecular weight is 823 g/mol. The fourth-order valence-corrected chi connectivity index (χ4v) is 10.6. The van der Waals surface area contributed by atoms with Gasteiger partial charge >= 0.3 is 45.9 Å². The Labute approximate surface area is 326 Å². The van der Waals surface area contributed by atoms with E-state index in [1.807, 2.05) is 50.2 Å². The summed E-state index contributed by atoms with van der Waals surface area (Å²) >= 11 is 1.82. The number of rotatable bonds is 8. The van der Waals surface area contributed by atoms with Gasteiger partial charge in [-0.25, -0.2) is 4.85 Å². The van der Waals surface area contributed by atoms with Gasteiger partial charge in [-0.1, -0.05) is 151 Å². The first-order chi connectivity index (χ1) is 25.5. The summed E-state index contributed by atoms with van der Waals surface area (Å²) < 4.78 is 7.50. The van der Waals surface area contributed by atoms with Crippen LogP contribution in [0.4, 0.5) is 17.1 Å². The molecule has 1 aliphatic heterocycles. The predicted octanol–water partition coefficient (Wildman–Crippen LogP) is 9.84. The maximum absolute atomic E-state index is 7.50. The van der Waals surface area contributed by atoms with Crippen molar-refractivity contribution in [1.29, 1.82) is 0 Å². The van der Waals surface area contributed by atoms with E-state index in [0.29, 0.717) is 0 Å². The zero-order valence-electron chi connectivity index (χ0n) is 29.4. The van der Waals surface area contributed by atoms with Crippen LogP contribution in [0.1, 0.15) is 16.7 Å². The molecule has 0 unspecified atom stereocenters. The summed E-state index contributed by atoms with van der Waals surface area (Å²) in [6.07, 6.45) is 1.90. The van der Waals surface area contributed by atoms with E-state index in [-0.39, 0.29) is 0 Å². The van der Waals surface area contributed by atoms with Crippen molar-refractivity contribution >= 4 is 71.4 Å². The van der Waals surface area contributed by atoms with E-state index in [9.17, 15) is 0 Å². The topological polar surface area (TPSA) is 30.7 Å². The number of aryl methyl sites for hydroxylation is 3. The fraction of sp³-hybridized carbons (Fsp3) is 0.116. The molecule has 1 heterocycles. The van der Waals surface area contributed by atoms with Crippen molar-refractivity contribution < 1.29 is 22.0 Å². The van der Waals surface area contributed by atoms with E-state index in [4.69, 9.17) is 11.2 Å². The number of para-hydroxylation sites is 2. The van der Waals surface area contributed by atoms with Crippen molar-refractivity contribution in [1.82, 2.24) is 0 Å². The number of fused-ring (bicyclic) bond motifs is 1. The molecule has 6 aromatic carbocycles. The van der Waals surface area contributed by atoms with Gasteiger partial charge in [0.1, 0.15) is 0 Å². The molecule has 6 aromatic rings. The second-order valence-corrected chi connectivity index (χ2v) is 16.2. The van der Waals surface area contributed by atoms with Gasteiger partial charge in [-0.15, -0.1) is 0 Å². The summed E-state index contributed by atoms with van der Waals surface area (Å²) in [4.78, 5) is 8.41. The van der Waals surface area contributed by atoms with Crippen molar-refractivity contribution in [3.8, 4) is 0 Å². The fourth-order valence-electron chi connectivity index (χ4n) is 6.18. The van der Waals surface area contributed by atoms with Crippen LogP contribution in [0.15, 0.2) is 158 Å². The average Bonchev–Trinajstić information content (AvgIpc) is 3.55. The minimum atomic E-state index is -0.540. The number of anilines is 2. The standard InChI is InChI=1S/C32H28BN2P2.C10H11N.CO.ClH.Ru/c1-5-15-27(16-6-1)36(28-17-7-2-8-18-28)25-34-31-23-13-14-24-32(31)35(33-34)26-37(29-19-9-3-10-20-29)30-21-11-4-12-22-30;1-7-5-8(2)10(11-4)9(3)6-7;1-2;;/h1-24H,25-26H2;5-6H,1-3H3;;1H;/q;;;;+1/p-1. The van der Waals surface area contributed by atoms with E-state index in [1.165, 1.54) is 38.2 Å². The Morgan fingerprint density at radius 2 is 0.846 bits per heavy atom. The Morgan fingerprint density at radius 1 is 0.558 bits per heavy atom. The Bertz CT molecular complexity index is 1820. The van der Waals surface area contributed by atoms with Crippen LogP contribution in [0.2, 0.25) is 0 Å². The molecule has 0 saturated carbocycles. The van der Waals surface area contributed by atoms with Crippen molar-refractivity contribution in [3.05, 3.63) is 192 Å². The van der Waals surface area contributed by atoms with Crippen molar-refractivity contribution in [3.63, 3.8) is 0 Å². The first kappa shape index (κ1) is 40.8. The summed E-state index contributed by atoms with van der Waals surface area (Å²) in [7, 11) is 5.84. The monoisotopic (exact) mass is 823 g/mol. The van der Waals surface area contributed by atoms with Gasteiger partial charge in [0.2, 0.25) is 0 Å². The van der Waals surface area contributed by atoms with Crippen LogP contribution in [0.25, 0.3) is 4.85 Å². The molecule has 0 N–H and O–H groups in total. The van der Waals surface area contributed by atoms with Gasteiger partial charge in [0.05, 0.1) is 6.57 Å². The summed E-state index contributed by atoms with van der Waals surface area (Å²) in [6, 6.07) is 56.9. The number of benzene rings is 6. The second kappa shape index (κ2) is 21.5. The third-order valence-corrected chi connectivity index (χ3v) is 13.2. The van der Waals surface area contributed by atoms with Gasteiger partial charge < -0.3 is 9.62 Å². The van der Waals surface area contributed by atoms with Crippen LogP contribution in [0.3, 0.4) is 0 Å². The van der Waals surface area contributed by atoms with Crippen LogP contribution < -0.4 is 30.8 Å². The summed E-state index contributed by atoms with van der Waals surface area (Å²) in [5, 5.41) is 5.63. The van der Waals surface area contributed by atoms with Gasteiger partial charge in [-0.05, 0) is 81.1 Å². The van der Waals surface area contributed by atoms with Gasteiger partial charge in [0, 0.05) is 23.9 Å². The molecule has 260 valence electrons. The second-order valence-electron chi connectivity index (χ2n) is 11.9. The molecule has 0 spiro atoms. The Hall–Kier alpha value is -4.01. The predicted molar refractivity (Wildman–Crippen MR) is 222 cm³/mol. The molecule has 0 fully saturated rings. The molecule has 0 bridgehead atoms. The van der Waals surface area contributed by atoms with Crippen molar-refractivity contribution in [2.75, 3.05) is 22.2 Å². The molecule has 1 radical (unpaired) electrons. The van der Waals surface area contributed by atoms with Gasteiger partial charge in [-0.3, -0.25) is 0 Å². The molecule has 9 heteroatoms. The number of hydrogen-bond acceptors (Lipinski definition) is 2. The van der Waals surface area contributed by atoms with Gasteiger partial charge in [0.15, 0.2) is 5.69 Å². The SMILES string of the molecule is [B]1N(CP(c2ccccc2)c2ccccc2)c2ccccc2N1CP(c1ccccc1)c1ccccc1.[C-]#[N+]c1c(C)cc(C)cc1C.[C-]#[O+].[Cl][Ru]. The Morgan fingerprint density at radius 3 is 1.13 bits per heavy atom. The van der Waals surface area contributed by atoms with E-state index in [1.54, 1.807) is 0 Å². The molecular formula is C43H39BClN3OP2Ru. The molecular weight excluding hydrogens is 784 g/mol. The molecule has 0 amide bonds. The van der Waals surface area contributed by atoms with Crippen LogP contribution in [-0.2, 0) is 22.0 Å². The van der Waals surface area contributed by atoms with Crippen molar-refractivity contribution in [2.45, 2.75) is 20.8 Å². The molecule has 52 heavy (non-hydrogen) atoms. The van der Waals surface area contributed by atoms with Crippen LogP contribution in [0, 0.1) is 34.0 Å². The number of nitrogens with zero attached hydrogens (tertiary/aromatic N) is 3. The number of hydrogen-bond donors (Lipinski definition) is 0. The van der Waals surface area contributed by atoms with Crippen LogP contribution >= 0.6 is 25.5 Å². The third-order valence-electron chi connectivity index (χ3n) is 8.39. The summed E-state index contributed by atoms with van der Waals surface area (Å²) in [5.41, 5.74) is 6.77. The normalized spacial score (nSPS) is 11.1. The number of halogens is 1. The Balaban J connectivity index is 0.000000342. The van der Waals surface area contributed by atoms with E-state index in [0.717, 1.165) is 29.4 Å². The first-order valence-corrected chi connectivity index (χ1v) is 21.8. The summed E-state index contributed by atoms with van der Waals surface area (Å²) in [6.45, 7) is 17.4. The molecule has 4 nitrogen and oxygen atoms in total. The van der Waals surface area contributed by atoms with Gasteiger partial charge in [0.25, 0.3) is 0 Å². The summed E-state index contributed by atoms with van der Waals surface area (Å²) in [5.74, 6) is 0. The van der Waals surface area contributed by atoms with E-state index < -0.39 is 15.8 Å². The van der Waals surface area contributed by atoms with Gasteiger partial charge in [-0.2, -0.15) is 0 Å². The molecule has 0 aromatic heterocycles. The van der Waals surface area contributed by atoms with E-state index in [2.05, 4.69) is 184 Å². The third kappa shape index (κ3) is 10.8. The molecule has 0 aliphatic carbocycles. The first-order valence-electron chi connectivity index (χ1n) is 16.5. The minimum absolute atomic E-state index is 0.540. The molecule has 1 aliphatic rings. The van der Waals surface area contributed by atoms with E-state index >= 15 is 0 Å². The zero-order chi connectivity index (χ0) is 37.3. The Kier molecular flexibility index (Phi) is 16.8. The quantitative estimate of drug-likeness (QED) is 0.0663. The molecule has 7 rings (SSSR count). The van der Waals surface area contributed by atoms with Crippen molar-refractivity contribution in [2.24, 2.45) is 0 Å². The maximum atomic E-state index is 7.50. The molecule has 0 saturated heterocycles.